The molecule has 0 aliphatic carbocycles. The Labute approximate surface area is 122 Å². The Hall–Kier alpha value is -1.53. The molecule has 0 fully saturated rings. The summed E-state index contributed by atoms with van der Waals surface area (Å²) in [5.74, 6) is 1.39. The fourth-order valence-electron chi connectivity index (χ4n) is 1.83. The van der Waals surface area contributed by atoms with Crippen LogP contribution in [0.4, 0.5) is 0 Å². The van der Waals surface area contributed by atoms with Crippen LogP contribution in [0.25, 0.3) is 11.0 Å². The Balaban J connectivity index is 1.85. The van der Waals surface area contributed by atoms with Crippen LogP contribution in [0.15, 0.2) is 24.3 Å². The van der Waals surface area contributed by atoms with Gasteiger partial charge < -0.3 is 16.0 Å². The van der Waals surface area contributed by atoms with Crippen LogP contribution in [0.2, 0.25) is 0 Å². The van der Waals surface area contributed by atoms with Gasteiger partial charge in [-0.2, -0.15) is 0 Å². The van der Waals surface area contributed by atoms with Gasteiger partial charge in [0.05, 0.1) is 22.0 Å². The predicted octanol–water partition coefficient (Wildman–Crippen LogP) is 1.82. The van der Waals surface area contributed by atoms with E-state index in [2.05, 4.69) is 22.2 Å². The Morgan fingerprint density at radius 1 is 1.50 bits per heavy atom. The zero-order chi connectivity index (χ0) is 14.4. The summed E-state index contributed by atoms with van der Waals surface area (Å²) in [7, 11) is 0. The van der Waals surface area contributed by atoms with Gasteiger partial charge in [0, 0.05) is 6.54 Å². The number of aromatic nitrogens is 2. The minimum Gasteiger partial charge on any atom is -0.355 e. The average molecular weight is 292 g/mol. The van der Waals surface area contributed by atoms with Gasteiger partial charge in [-0.25, -0.2) is 4.98 Å². The lowest BCUT2D eigenvalue weighted by molar-refractivity contribution is -0.118. The lowest BCUT2D eigenvalue weighted by atomic mass is 10.3. The summed E-state index contributed by atoms with van der Waals surface area (Å²) in [6.45, 7) is 3.30. The molecule has 1 aromatic carbocycles. The lowest BCUT2D eigenvalue weighted by Gasteiger charge is -2.08. The summed E-state index contributed by atoms with van der Waals surface area (Å²) < 4.78 is 0. The smallest absolute Gasteiger partial charge is 0.230 e. The second kappa shape index (κ2) is 7.31. The molecular formula is C14H20N4OS. The number of H-pyrrole nitrogens is 1. The summed E-state index contributed by atoms with van der Waals surface area (Å²) >= 11 is 1.57. The van der Waals surface area contributed by atoms with E-state index in [9.17, 15) is 4.79 Å². The number of nitrogens with zero attached hydrogens (tertiary/aromatic N) is 1. The molecule has 6 heteroatoms. The minimum absolute atomic E-state index is 0.0476. The van der Waals surface area contributed by atoms with Crippen LogP contribution >= 0.6 is 11.8 Å². The molecule has 2 aromatic rings. The van der Waals surface area contributed by atoms with Crippen LogP contribution in [0.1, 0.15) is 24.4 Å². The largest absolute Gasteiger partial charge is 0.355 e. The minimum atomic E-state index is 0.0476. The number of hydrogen-bond acceptors (Lipinski definition) is 4. The van der Waals surface area contributed by atoms with Crippen molar-refractivity contribution in [1.82, 2.24) is 15.3 Å². The number of aromatic amines is 1. The molecule has 0 aliphatic heterocycles. The molecule has 1 amide bonds. The highest BCUT2D eigenvalue weighted by Gasteiger charge is 2.12. The first-order valence-electron chi connectivity index (χ1n) is 6.73. The van der Waals surface area contributed by atoms with Crippen LogP contribution in [0, 0.1) is 0 Å². The van der Waals surface area contributed by atoms with Gasteiger partial charge in [0.25, 0.3) is 0 Å². The molecule has 0 spiro atoms. The molecule has 0 radical (unpaired) electrons. The van der Waals surface area contributed by atoms with Crippen molar-refractivity contribution in [3.8, 4) is 0 Å². The number of hydrogen-bond donors (Lipinski definition) is 3. The van der Waals surface area contributed by atoms with Crippen molar-refractivity contribution in [2.24, 2.45) is 5.73 Å². The van der Waals surface area contributed by atoms with Gasteiger partial charge in [-0.15, -0.1) is 11.8 Å². The molecule has 2 rings (SSSR count). The van der Waals surface area contributed by atoms with Gasteiger partial charge in [-0.3, -0.25) is 4.79 Å². The number of benzene rings is 1. The second-order valence-electron chi connectivity index (χ2n) is 4.58. The number of thioether (sulfide) groups is 1. The summed E-state index contributed by atoms with van der Waals surface area (Å²) in [4.78, 5) is 19.5. The molecule has 1 heterocycles. The quantitative estimate of drug-likeness (QED) is 0.680. The van der Waals surface area contributed by atoms with Gasteiger partial charge >= 0.3 is 0 Å². The number of imidazole rings is 1. The molecule has 20 heavy (non-hydrogen) atoms. The van der Waals surface area contributed by atoms with E-state index < -0.39 is 0 Å². The Kier molecular flexibility index (Phi) is 5.43. The van der Waals surface area contributed by atoms with E-state index in [0.717, 1.165) is 23.3 Å². The maximum atomic E-state index is 11.6. The van der Waals surface area contributed by atoms with E-state index in [1.165, 1.54) is 0 Å². The van der Waals surface area contributed by atoms with Crippen molar-refractivity contribution in [2.45, 2.75) is 18.6 Å². The van der Waals surface area contributed by atoms with E-state index in [4.69, 9.17) is 5.73 Å². The molecule has 0 aliphatic rings. The zero-order valence-corrected chi connectivity index (χ0v) is 12.4. The molecule has 0 bridgehead atoms. The van der Waals surface area contributed by atoms with Gasteiger partial charge in [0.2, 0.25) is 5.91 Å². The number of nitrogens with two attached hydrogens (primary N) is 1. The maximum Gasteiger partial charge on any atom is 0.230 e. The number of carbonyl (C=O) groups excluding carboxylic acids is 1. The number of nitrogens with one attached hydrogen (secondary N) is 2. The van der Waals surface area contributed by atoms with Crippen molar-refractivity contribution < 1.29 is 4.79 Å². The second-order valence-corrected chi connectivity index (χ2v) is 5.91. The summed E-state index contributed by atoms with van der Waals surface area (Å²) in [6.07, 6.45) is 0.815. The fraction of sp³-hybridized carbons (Fsp3) is 0.429. The number of rotatable bonds is 7. The molecule has 4 N–H and O–H groups in total. The normalized spacial score (nSPS) is 12.5. The number of carbonyl (C=O) groups is 1. The molecule has 5 nitrogen and oxygen atoms in total. The predicted molar refractivity (Wildman–Crippen MR) is 83.6 cm³/mol. The van der Waals surface area contributed by atoms with E-state index in [-0.39, 0.29) is 11.2 Å². The third-order valence-corrected chi connectivity index (χ3v) is 4.11. The molecular weight excluding hydrogens is 272 g/mol. The van der Waals surface area contributed by atoms with Crippen LogP contribution in [-0.2, 0) is 4.79 Å². The Bertz CT molecular complexity index is 536. The standard InChI is InChI=1S/C14H20N4OS/c1-10(20-9-13(19)16-8-4-7-15)14-17-11-5-2-3-6-12(11)18-14/h2-3,5-6,10H,4,7-9,15H2,1H3,(H,16,19)(H,17,18). The van der Waals surface area contributed by atoms with Crippen molar-refractivity contribution in [1.29, 1.82) is 0 Å². The maximum absolute atomic E-state index is 11.6. The van der Waals surface area contributed by atoms with Crippen LogP contribution in [0.3, 0.4) is 0 Å². The molecule has 0 saturated carbocycles. The Morgan fingerprint density at radius 3 is 3.05 bits per heavy atom. The van der Waals surface area contributed by atoms with Crippen LogP contribution < -0.4 is 11.1 Å². The molecule has 0 saturated heterocycles. The van der Waals surface area contributed by atoms with E-state index in [1.807, 2.05) is 24.3 Å². The highest BCUT2D eigenvalue weighted by molar-refractivity contribution is 8.00. The van der Waals surface area contributed by atoms with Crippen molar-refractivity contribution >= 4 is 28.7 Å². The van der Waals surface area contributed by atoms with Crippen molar-refractivity contribution in [3.63, 3.8) is 0 Å². The highest BCUT2D eigenvalue weighted by Crippen LogP contribution is 2.27. The molecule has 1 atom stereocenters. The first kappa shape index (κ1) is 14.9. The molecule has 1 unspecified atom stereocenters. The summed E-state index contributed by atoms with van der Waals surface area (Å²) in [5, 5.41) is 3.00. The van der Waals surface area contributed by atoms with Crippen molar-refractivity contribution in [3.05, 3.63) is 30.1 Å². The lowest BCUT2D eigenvalue weighted by Crippen LogP contribution is -2.27. The van der Waals surface area contributed by atoms with E-state index >= 15 is 0 Å². The van der Waals surface area contributed by atoms with E-state index in [0.29, 0.717) is 18.8 Å². The van der Waals surface area contributed by atoms with Gasteiger partial charge in [-0.05, 0) is 32.0 Å². The fourth-order valence-corrected chi connectivity index (χ4v) is 2.60. The number of fused-ring (bicyclic) bond motifs is 1. The third-order valence-electron chi connectivity index (χ3n) is 2.96. The highest BCUT2D eigenvalue weighted by atomic mass is 32.2. The van der Waals surface area contributed by atoms with Crippen molar-refractivity contribution in [2.75, 3.05) is 18.8 Å². The monoisotopic (exact) mass is 292 g/mol. The summed E-state index contributed by atoms with van der Waals surface area (Å²) in [5.41, 5.74) is 7.37. The first-order chi connectivity index (χ1) is 9.70. The first-order valence-corrected chi connectivity index (χ1v) is 7.78. The molecule has 1 aromatic heterocycles. The van der Waals surface area contributed by atoms with Crippen LogP contribution in [-0.4, -0.2) is 34.7 Å². The average Bonchev–Trinajstić information content (AvgIpc) is 2.89. The van der Waals surface area contributed by atoms with Gasteiger partial charge in [-0.1, -0.05) is 12.1 Å². The van der Waals surface area contributed by atoms with E-state index in [1.54, 1.807) is 11.8 Å². The number of para-hydroxylation sites is 2. The zero-order valence-electron chi connectivity index (χ0n) is 11.6. The van der Waals surface area contributed by atoms with Gasteiger partial charge in [0.15, 0.2) is 0 Å². The number of amides is 1. The Morgan fingerprint density at radius 2 is 2.30 bits per heavy atom. The van der Waals surface area contributed by atoms with Crippen LogP contribution in [0.5, 0.6) is 0 Å². The molecule has 108 valence electrons. The summed E-state index contributed by atoms with van der Waals surface area (Å²) in [6, 6.07) is 7.93. The third kappa shape index (κ3) is 3.98. The topological polar surface area (TPSA) is 83.8 Å². The van der Waals surface area contributed by atoms with Gasteiger partial charge in [0.1, 0.15) is 5.82 Å². The SMILES string of the molecule is CC(SCC(=O)NCCCN)c1nc2ccccc2[nH]1.